The summed E-state index contributed by atoms with van der Waals surface area (Å²) in [6.07, 6.45) is 3.80. The Hall–Kier alpha value is -1.26. The van der Waals surface area contributed by atoms with E-state index < -0.39 is 0 Å². The van der Waals surface area contributed by atoms with Crippen molar-refractivity contribution in [2.24, 2.45) is 5.84 Å². The number of carbonyl (C=O) groups excluding carboxylic acids is 1. The lowest BCUT2D eigenvalue weighted by Crippen LogP contribution is -2.59. The number of fused-ring (bicyclic) bond motifs is 1. The third kappa shape index (κ3) is 3.64. The van der Waals surface area contributed by atoms with Crippen molar-refractivity contribution in [3.05, 3.63) is 28.8 Å². The van der Waals surface area contributed by atoms with Crippen LogP contribution < -0.4 is 16.2 Å². The van der Waals surface area contributed by atoms with Gasteiger partial charge in [0.2, 0.25) is 0 Å². The summed E-state index contributed by atoms with van der Waals surface area (Å²) in [6, 6.07) is 5.71. The zero-order valence-electron chi connectivity index (χ0n) is 14.5. The van der Waals surface area contributed by atoms with Crippen molar-refractivity contribution in [2.75, 3.05) is 4.90 Å². The number of anilines is 1. The number of nitrogens with one attached hydrogen (secondary N) is 1. The molecule has 1 aliphatic rings. The summed E-state index contributed by atoms with van der Waals surface area (Å²) in [5, 5.41) is 0.739. The van der Waals surface area contributed by atoms with Crippen LogP contribution in [-0.4, -0.2) is 17.5 Å². The van der Waals surface area contributed by atoms with Crippen molar-refractivity contribution in [3.63, 3.8) is 0 Å². The fraction of sp³-hybridized carbons (Fsp3) is 0.611. The molecule has 1 heterocycles. The van der Waals surface area contributed by atoms with Gasteiger partial charge in [-0.15, -0.1) is 0 Å². The first-order valence-electron chi connectivity index (χ1n) is 8.41. The third-order valence-electron chi connectivity index (χ3n) is 4.83. The minimum atomic E-state index is -0.262. The molecule has 0 saturated heterocycles. The number of nitrogens with two attached hydrogens (primary N) is 1. The molecule has 0 radical (unpaired) electrons. The van der Waals surface area contributed by atoms with Crippen LogP contribution in [0.4, 0.5) is 5.69 Å². The Bertz CT molecular complexity index is 573. The van der Waals surface area contributed by atoms with E-state index in [2.05, 4.69) is 38.0 Å². The van der Waals surface area contributed by atoms with E-state index in [1.54, 1.807) is 0 Å². The van der Waals surface area contributed by atoms with Crippen molar-refractivity contribution in [1.29, 1.82) is 0 Å². The highest BCUT2D eigenvalue weighted by atomic mass is 35.5. The van der Waals surface area contributed by atoms with Crippen molar-refractivity contribution in [1.82, 2.24) is 5.43 Å². The summed E-state index contributed by atoms with van der Waals surface area (Å²) in [5.41, 5.74) is 4.55. The lowest BCUT2D eigenvalue weighted by Gasteiger charge is -2.50. The molecular formula is C18H28ClN3O. The zero-order valence-corrected chi connectivity index (χ0v) is 15.3. The third-order valence-corrected chi connectivity index (χ3v) is 5.06. The summed E-state index contributed by atoms with van der Waals surface area (Å²) < 4.78 is 0. The fourth-order valence-corrected chi connectivity index (χ4v) is 4.06. The van der Waals surface area contributed by atoms with Crippen molar-refractivity contribution < 1.29 is 4.79 Å². The summed E-state index contributed by atoms with van der Waals surface area (Å²) in [6.45, 7) is 8.75. The number of unbranched alkanes of at least 4 members (excludes halogenated alkanes) is 1. The highest BCUT2D eigenvalue weighted by Gasteiger charge is 2.42. The van der Waals surface area contributed by atoms with E-state index in [0.717, 1.165) is 36.4 Å². The number of nitrogens with zero attached hydrogens (tertiary/aromatic N) is 1. The smallest absolute Gasteiger partial charge is 0.256 e. The van der Waals surface area contributed by atoms with Gasteiger partial charge in [0.05, 0.1) is 0 Å². The topological polar surface area (TPSA) is 58.4 Å². The van der Waals surface area contributed by atoms with E-state index in [0.29, 0.717) is 5.92 Å². The molecule has 4 nitrogen and oxygen atoms in total. The molecule has 23 heavy (non-hydrogen) atoms. The first kappa shape index (κ1) is 18.1. The molecule has 0 aliphatic carbocycles. The van der Waals surface area contributed by atoms with Gasteiger partial charge in [0.1, 0.15) is 6.04 Å². The molecular weight excluding hydrogens is 310 g/mol. The van der Waals surface area contributed by atoms with Gasteiger partial charge in [-0.25, -0.2) is 5.84 Å². The fourth-order valence-electron chi connectivity index (χ4n) is 3.88. The van der Waals surface area contributed by atoms with Crippen molar-refractivity contribution in [2.45, 2.75) is 70.9 Å². The van der Waals surface area contributed by atoms with Gasteiger partial charge in [-0.2, -0.15) is 0 Å². The Morgan fingerprint density at radius 2 is 2.22 bits per heavy atom. The predicted octanol–water partition coefficient (Wildman–Crippen LogP) is 3.98. The first-order chi connectivity index (χ1) is 10.8. The van der Waals surface area contributed by atoms with E-state index in [4.69, 9.17) is 17.4 Å². The molecule has 0 aromatic heterocycles. The second kappa shape index (κ2) is 7.10. The summed E-state index contributed by atoms with van der Waals surface area (Å²) >= 11 is 6.20. The van der Waals surface area contributed by atoms with Crippen LogP contribution in [0.25, 0.3) is 0 Å². The van der Waals surface area contributed by atoms with Crippen LogP contribution in [0.5, 0.6) is 0 Å². The van der Waals surface area contributed by atoms with Crippen LogP contribution in [0.15, 0.2) is 18.2 Å². The number of carbonyl (C=O) groups is 1. The van der Waals surface area contributed by atoms with Gasteiger partial charge in [-0.05, 0) is 56.4 Å². The first-order valence-corrected chi connectivity index (χ1v) is 8.79. The van der Waals surface area contributed by atoms with Gasteiger partial charge in [0.25, 0.3) is 5.91 Å². The normalized spacial score (nSPS) is 20.8. The van der Waals surface area contributed by atoms with Crippen LogP contribution in [0.1, 0.15) is 64.9 Å². The monoisotopic (exact) mass is 337 g/mol. The number of benzene rings is 1. The number of hydrazine groups is 1. The molecule has 0 unspecified atom stereocenters. The van der Waals surface area contributed by atoms with Crippen molar-refractivity contribution >= 4 is 23.2 Å². The Morgan fingerprint density at radius 1 is 1.52 bits per heavy atom. The molecule has 0 fully saturated rings. The van der Waals surface area contributed by atoms with Gasteiger partial charge in [-0.1, -0.05) is 38.3 Å². The quantitative estimate of drug-likeness (QED) is 0.485. The molecule has 0 spiro atoms. The molecule has 0 bridgehead atoms. The van der Waals surface area contributed by atoms with E-state index in [-0.39, 0.29) is 17.5 Å². The van der Waals surface area contributed by atoms with E-state index >= 15 is 0 Å². The van der Waals surface area contributed by atoms with Crippen LogP contribution in [0.2, 0.25) is 5.02 Å². The Balaban J connectivity index is 2.52. The summed E-state index contributed by atoms with van der Waals surface area (Å²) in [5.74, 6) is 5.75. The molecule has 0 saturated carbocycles. The van der Waals surface area contributed by atoms with E-state index in [1.165, 1.54) is 5.56 Å². The van der Waals surface area contributed by atoms with Gasteiger partial charge in [0, 0.05) is 16.2 Å². The van der Waals surface area contributed by atoms with Gasteiger partial charge < -0.3 is 4.90 Å². The Labute approximate surface area is 144 Å². The molecule has 5 heteroatoms. The Morgan fingerprint density at radius 3 is 2.83 bits per heavy atom. The number of amides is 1. The zero-order chi connectivity index (χ0) is 17.2. The number of halogens is 1. The standard InChI is InChI=1S/C18H28ClN3O/c1-5-6-7-16(17(23)21-20)22-15-9-8-13(19)10-14(15)12(2)11-18(22,3)4/h8-10,12,16H,5-7,11,20H2,1-4H3,(H,21,23)/t12-,16-/m0/s1. The molecule has 1 aliphatic heterocycles. The SMILES string of the molecule is CCCC[C@@H](C(=O)NN)N1c2ccc(Cl)cc2[C@@H](C)CC1(C)C. The number of hydrogen-bond donors (Lipinski definition) is 2. The van der Waals surface area contributed by atoms with E-state index in [1.807, 2.05) is 18.2 Å². The van der Waals surface area contributed by atoms with Crippen LogP contribution in [0.3, 0.4) is 0 Å². The molecule has 2 rings (SSSR count). The molecule has 128 valence electrons. The summed E-state index contributed by atoms with van der Waals surface area (Å²) in [4.78, 5) is 14.7. The lowest BCUT2D eigenvalue weighted by atomic mass is 9.78. The maximum Gasteiger partial charge on any atom is 0.256 e. The number of hydrogen-bond acceptors (Lipinski definition) is 3. The van der Waals surface area contributed by atoms with Gasteiger partial charge >= 0.3 is 0 Å². The second-order valence-electron chi connectivity index (χ2n) is 7.16. The Kier molecular flexibility index (Phi) is 5.58. The number of rotatable bonds is 5. The minimum absolute atomic E-state index is 0.120. The average Bonchev–Trinajstić information content (AvgIpc) is 2.49. The van der Waals surface area contributed by atoms with Crippen molar-refractivity contribution in [3.8, 4) is 0 Å². The lowest BCUT2D eigenvalue weighted by molar-refractivity contribution is -0.123. The predicted molar refractivity (Wildman–Crippen MR) is 96.7 cm³/mol. The molecule has 3 N–H and O–H groups in total. The second-order valence-corrected chi connectivity index (χ2v) is 7.59. The average molecular weight is 338 g/mol. The highest BCUT2D eigenvalue weighted by molar-refractivity contribution is 6.30. The summed E-state index contributed by atoms with van der Waals surface area (Å²) in [7, 11) is 0. The van der Waals surface area contributed by atoms with Crippen LogP contribution in [-0.2, 0) is 4.79 Å². The van der Waals surface area contributed by atoms with Gasteiger partial charge in [0.15, 0.2) is 0 Å². The maximum atomic E-state index is 12.5. The largest absolute Gasteiger partial charge is 0.354 e. The molecule has 1 amide bonds. The molecule has 2 atom stereocenters. The van der Waals surface area contributed by atoms with Gasteiger partial charge in [-0.3, -0.25) is 10.2 Å². The molecule has 1 aromatic carbocycles. The highest BCUT2D eigenvalue weighted by Crippen LogP contribution is 2.45. The minimum Gasteiger partial charge on any atom is -0.354 e. The van der Waals surface area contributed by atoms with E-state index in [9.17, 15) is 4.79 Å². The van der Waals surface area contributed by atoms with Crippen LogP contribution in [0, 0.1) is 0 Å². The van der Waals surface area contributed by atoms with Crippen LogP contribution >= 0.6 is 11.6 Å². The maximum absolute atomic E-state index is 12.5. The molecule has 1 aromatic rings.